The van der Waals surface area contributed by atoms with Gasteiger partial charge in [0.2, 0.25) is 0 Å². The van der Waals surface area contributed by atoms with Crippen molar-refractivity contribution in [1.82, 2.24) is 4.90 Å². The fourth-order valence-corrected chi connectivity index (χ4v) is 1.51. The summed E-state index contributed by atoms with van der Waals surface area (Å²) in [7, 11) is 5.66. The van der Waals surface area contributed by atoms with Gasteiger partial charge in [0, 0.05) is 6.07 Å². The van der Waals surface area contributed by atoms with E-state index < -0.39 is 0 Å². The molecule has 1 aromatic carbocycles. The lowest BCUT2D eigenvalue weighted by atomic mass is 10.1. The molecule has 0 atom stereocenters. The molecule has 1 rings (SSSR count). The summed E-state index contributed by atoms with van der Waals surface area (Å²) in [5, 5.41) is 0. The van der Waals surface area contributed by atoms with Crippen LogP contribution in [0.3, 0.4) is 0 Å². The van der Waals surface area contributed by atoms with Gasteiger partial charge in [0.05, 0.1) is 7.11 Å². The van der Waals surface area contributed by atoms with Crippen molar-refractivity contribution in [3.8, 4) is 5.75 Å². The molecule has 0 bridgehead atoms. The molecule has 0 heterocycles. The zero-order chi connectivity index (χ0) is 11.3. The van der Waals surface area contributed by atoms with Gasteiger partial charge in [-0.15, -0.1) is 0 Å². The summed E-state index contributed by atoms with van der Waals surface area (Å²) in [4.78, 5) is 2.13. The standard InChI is InChI=1S/C12H18FNO/c1-14(2)8-4-5-10-6-7-11(13)9-12(10)15-3/h6-7,9H,4-5,8H2,1-3H3. The summed E-state index contributed by atoms with van der Waals surface area (Å²) in [6, 6.07) is 4.71. The molecule has 0 saturated carbocycles. The average molecular weight is 211 g/mol. The number of benzene rings is 1. The van der Waals surface area contributed by atoms with Gasteiger partial charge in [-0.25, -0.2) is 4.39 Å². The van der Waals surface area contributed by atoms with Crippen LogP contribution in [0.1, 0.15) is 12.0 Å². The quantitative estimate of drug-likeness (QED) is 0.741. The molecule has 0 amide bonds. The van der Waals surface area contributed by atoms with E-state index in [1.54, 1.807) is 13.2 Å². The largest absolute Gasteiger partial charge is 0.496 e. The highest BCUT2D eigenvalue weighted by Crippen LogP contribution is 2.20. The zero-order valence-electron chi connectivity index (χ0n) is 9.59. The molecule has 0 fully saturated rings. The van der Waals surface area contributed by atoms with Crippen LogP contribution in [0.15, 0.2) is 18.2 Å². The van der Waals surface area contributed by atoms with Gasteiger partial charge in [-0.2, -0.15) is 0 Å². The Balaban J connectivity index is 2.60. The van der Waals surface area contributed by atoms with Gasteiger partial charge < -0.3 is 9.64 Å². The molecule has 15 heavy (non-hydrogen) atoms. The fraction of sp³-hybridized carbons (Fsp3) is 0.500. The van der Waals surface area contributed by atoms with Crippen LogP contribution in [0.25, 0.3) is 0 Å². The average Bonchev–Trinajstić information content (AvgIpc) is 2.19. The molecular formula is C12H18FNO. The lowest BCUT2D eigenvalue weighted by Crippen LogP contribution is -2.13. The van der Waals surface area contributed by atoms with Crippen molar-refractivity contribution in [2.75, 3.05) is 27.7 Å². The third-order valence-electron chi connectivity index (χ3n) is 2.30. The van der Waals surface area contributed by atoms with Crippen LogP contribution in [0.4, 0.5) is 4.39 Å². The van der Waals surface area contributed by atoms with Gasteiger partial charge in [0.1, 0.15) is 11.6 Å². The Morgan fingerprint density at radius 3 is 2.67 bits per heavy atom. The summed E-state index contributed by atoms with van der Waals surface area (Å²) in [5.74, 6) is 0.400. The highest BCUT2D eigenvalue weighted by Gasteiger charge is 2.04. The van der Waals surface area contributed by atoms with Gasteiger partial charge in [-0.3, -0.25) is 0 Å². The number of aryl methyl sites for hydroxylation is 1. The first-order valence-electron chi connectivity index (χ1n) is 5.10. The Hall–Kier alpha value is -1.09. The van der Waals surface area contributed by atoms with E-state index in [0.717, 1.165) is 24.9 Å². The van der Waals surface area contributed by atoms with E-state index in [2.05, 4.69) is 4.90 Å². The van der Waals surface area contributed by atoms with E-state index in [-0.39, 0.29) is 5.82 Å². The Morgan fingerprint density at radius 1 is 1.33 bits per heavy atom. The Bertz CT molecular complexity index is 312. The molecule has 0 aliphatic rings. The molecule has 0 aliphatic heterocycles. The van der Waals surface area contributed by atoms with Crippen LogP contribution in [0, 0.1) is 5.82 Å². The van der Waals surface area contributed by atoms with Crippen molar-refractivity contribution >= 4 is 0 Å². The second-order valence-corrected chi connectivity index (χ2v) is 3.86. The van der Waals surface area contributed by atoms with Crippen molar-refractivity contribution in [3.63, 3.8) is 0 Å². The molecule has 0 radical (unpaired) electrons. The molecule has 0 N–H and O–H groups in total. The maximum Gasteiger partial charge on any atom is 0.126 e. The van der Waals surface area contributed by atoms with E-state index in [0.29, 0.717) is 5.75 Å². The lowest BCUT2D eigenvalue weighted by Gasteiger charge is -2.11. The molecule has 1 aromatic rings. The SMILES string of the molecule is COc1cc(F)ccc1CCCN(C)C. The molecule has 0 aliphatic carbocycles. The number of methoxy groups -OCH3 is 1. The van der Waals surface area contributed by atoms with Crippen LogP contribution in [0.5, 0.6) is 5.75 Å². The van der Waals surface area contributed by atoms with Gasteiger partial charge in [0.25, 0.3) is 0 Å². The fourth-order valence-electron chi connectivity index (χ4n) is 1.51. The molecule has 0 spiro atoms. The van der Waals surface area contributed by atoms with Crippen molar-refractivity contribution in [2.24, 2.45) is 0 Å². The second-order valence-electron chi connectivity index (χ2n) is 3.86. The highest BCUT2D eigenvalue weighted by molar-refractivity contribution is 5.34. The number of ether oxygens (including phenoxy) is 1. The van der Waals surface area contributed by atoms with Crippen LogP contribution in [0.2, 0.25) is 0 Å². The van der Waals surface area contributed by atoms with Gasteiger partial charge in [-0.05, 0) is 45.1 Å². The topological polar surface area (TPSA) is 12.5 Å². The highest BCUT2D eigenvalue weighted by atomic mass is 19.1. The number of hydrogen-bond acceptors (Lipinski definition) is 2. The number of nitrogens with zero attached hydrogens (tertiary/aromatic N) is 1. The zero-order valence-corrected chi connectivity index (χ0v) is 9.59. The molecular weight excluding hydrogens is 193 g/mol. The first-order valence-corrected chi connectivity index (χ1v) is 5.10. The Morgan fingerprint density at radius 2 is 2.07 bits per heavy atom. The van der Waals surface area contributed by atoms with Crippen molar-refractivity contribution < 1.29 is 9.13 Å². The van der Waals surface area contributed by atoms with E-state index in [4.69, 9.17) is 4.74 Å². The van der Waals surface area contributed by atoms with Crippen LogP contribution < -0.4 is 4.74 Å². The summed E-state index contributed by atoms with van der Waals surface area (Å²) < 4.78 is 18.0. The normalized spacial score (nSPS) is 10.7. The van der Waals surface area contributed by atoms with E-state index in [1.165, 1.54) is 12.1 Å². The molecule has 3 heteroatoms. The minimum absolute atomic E-state index is 0.247. The first-order chi connectivity index (χ1) is 7.13. The third-order valence-corrected chi connectivity index (χ3v) is 2.30. The monoisotopic (exact) mass is 211 g/mol. The number of rotatable bonds is 5. The Labute approximate surface area is 90.7 Å². The predicted octanol–water partition coefficient (Wildman–Crippen LogP) is 2.33. The number of halogens is 1. The minimum atomic E-state index is -0.247. The van der Waals surface area contributed by atoms with Crippen molar-refractivity contribution in [2.45, 2.75) is 12.8 Å². The van der Waals surface area contributed by atoms with Crippen LogP contribution in [-0.2, 0) is 6.42 Å². The summed E-state index contributed by atoms with van der Waals surface area (Å²) in [6.07, 6.45) is 1.97. The third kappa shape index (κ3) is 3.88. The molecule has 2 nitrogen and oxygen atoms in total. The van der Waals surface area contributed by atoms with Gasteiger partial charge >= 0.3 is 0 Å². The first kappa shape index (κ1) is 12.0. The molecule has 0 aromatic heterocycles. The predicted molar refractivity (Wildman–Crippen MR) is 59.8 cm³/mol. The molecule has 0 unspecified atom stereocenters. The summed E-state index contributed by atoms with van der Waals surface area (Å²) in [6.45, 7) is 1.03. The summed E-state index contributed by atoms with van der Waals surface area (Å²) >= 11 is 0. The minimum Gasteiger partial charge on any atom is -0.496 e. The molecule has 84 valence electrons. The van der Waals surface area contributed by atoms with Crippen molar-refractivity contribution in [1.29, 1.82) is 0 Å². The maximum atomic E-state index is 12.9. The smallest absolute Gasteiger partial charge is 0.126 e. The van der Waals surface area contributed by atoms with Gasteiger partial charge in [0.15, 0.2) is 0 Å². The van der Waals surface area contributed by atoms with E-state index in [9.17, 15) is 4.39 Å². The lowest BCUT2D eigenvalue weighted by molar-refractivity contribution is 0.389. The Kier molecular flexibility index (Phi) is 4.56. The molecule has 0 saturated heterocycles. The number of hydrogen-bond donors (Lipinski definition) is 0. The summed E-state index contributed by atoms with van der Waals surface area (Å²) in [5.41, 5.74) is 1.07. The van der Waals surface area contributed by atoms with Crippen LogP contribution in [-0.4, -0.2) is 32.6 Å². The maximum absolute atomic E-state index is 12.9. The van der Waals surface area contributed by atoms with Crippen LogP contribution >= 0.6 is 0 Å². The van der Waals surface area contributed by atoms with Crippen molar-refractivity contribution in [3.05, 3.63) is 29.6 Å². The second kappa shape index (κ2) is 5.71. The van der Waals surface area contributed by atoms with E-state index >= 15 is 0 Å². The van der Waals surface area contributed by atoms with Gasteiger partial charge in [-0.1, -0.05) is 6.07 Å². The van der Waals surface area contributed by atoms with E-state index in [1.807, 2.05) is 14.1 Å².